The van der Waals surface area contributed by atoms with Crippen LogP contribution in [0, 0.1) is 0 Å². The van der Waals surface area contributed by atoms with Crippen molar-refractivity contribution in [3.8, 4) is 44.5 Å². The van der Waals surface area contributed by atoms with E-state index in [0.29, 0.717) is 0 Å². The molecule has 0 N–H and O–H groups in total. The summed E-state index contributed by atoms with van der Waals surface area (Å²) in [4.78, 5) is 2.40. The predicted molar refractivity (Wildman–Crippen MR) is 287 cm³/mol. The Morgan fingerprint density at radius 2 is 0.897 bits per heavy atom. The maximum absolute atomic E-state index is 2.50. The van der Waals surface area contributed by atoms with Crippen molar-refractivity contribution in [3.63, 3.8) is 0 Å². The van der Waals surface area contributed by atoms with Crippen molar-refractivity contribution >= 4 is 40.0 Å². The Morgan fingerprint density at radius 3 is 1.57 bits per heavy atom. The zero-order valence-electron chi connectivity index (χ0n) is 37.9. The average molecular weight is 868 g/mol. The summed E-state index contributed by atoms with van der Waals surface area (Å²) in [6.45, 7) is 0. The summed E-state index contributed by atoms with van der Waals surface area (Å²) in [7, 11) is 0. The van der Waals surface area contributed by atoms with E-state index in [-0.39, 0.29) is 5.41 Å². The molecule has 10 aromatic carbocycles. The molecule has 3 aliphatic rings. The largest absolute Gasteiger partial charge is 0.310 e. The molecule has 0 unspecified atom stereocenters. The van der Waals surface area contributed by atoms with E-state index in [1.165, 1.54) is 105 Å². The Balaban J connectivity index is 0.821. The molecule has 0 heterocycles. The molecule has 10 aromatic rings. The van der Waals surface area contributed by atoms with Gasteiger partial charge in [-0.05, 0) is 174 Å². The van der Waals surface area contributed by atoms with Gasteiger partial charge in [-0.3, -0.25) is 0 Å². The Kier molecular flexibility index (Phi) is 9.75. The minimum Gasteiger partial charge on any atom is -0.310 e. The van der Waals surface area contributed by atoms with Crippen LogP contribution >= 0.6 is 0 Å². The third kappa shape index (κ3) is 7.02. The molecule has 1 nitrogen and oxygen atoms in total. The van der Waals surface area contributed by atoms with Crippen LogP contribution in [0.2, 0.25) is 0 Å². The molecule has 0 aromatic heterocycles. The highest BCUT2D eigenvalue weighted by Gasteiger charge is 2.47. The van der Waals surface area contributed by atoms with Crippen molar-refractivity contribution in [1.82, 2.24) is 0 Å². The zero-order valence-corrected chi connectivity index (χ0v) is 37.9. The lowest BCUT2D eigenvalue weighted by molar-refractivity contribution is 0.563. The summed E-state index contributed by atoms with van der Waals surface area (Å²) in [6.07, 6.45) is 11.2. The maximum atomic E-state index is 2.50. The van der Waals surface area contributed by atoms with Crippen LogP contribution in [-0.2, 0) is 24.7 Å². The molecule has 0 amide bonds. The number of nitrogens with zero attached hydrogens (tertiary/aromatic N) is 1. The van der Waals surface area contributed by atoms with Gasteiger partial charge in [0.2, 0.25) is 0 Å². The van der Waals surface area contributed by atoms with Crippen molar-refractivity contribution < 1.29 is 0 Å². The molecule has 0 radical (unpaired) electrons. The molecule has 0 bridgehead atoms. The average Bonchev–Trinajstić information content (AvgIpc) is 3.93. The third-order valence-corrected chi connectivity index (χ3v) is 14.9. The highest BCUT2D eigenvalue weighted by atomic mass is 15.1. The number of fused-ring (bicyclic) bond motifs is 8. The quantitative estimate of drug-likeness (QED) is 0.147. The fourth-order valence-corrected chi connectivity index (χ4v) is 11.5. The van der Waals surface area contributed by atoms with Gasteiger partial charge in [-0.1, -0.05) is 200 Å². The van der Waals surface area contributed by atoms with E-state index in [2.05, 4.69) is 254 Å². The lowest BCUT2D eigenvalue weighted by Crippen LogP contribution is -2.26. The van der Waals surface area contributed by atoms with Crippen molar-refractivity contribution in [2.75, 3.05) is 4.90 Å². The molecule has 1 spiro atoms. The Morgan fingerprint density at radius 1 is 0.353 bits per heavy atom. The monoisotopic (exact) mass is 867 g/mol. The van der Waals surface area contributed by atoms with E-state index >= 15 is 0 Å². The van der Waals surface area contributed by atoms with Crippen LogP contribution in [0.1, 0.15) is 45.4 Å². The second-order valence-corrected chi connectivity index (χ2v) is 18.9. The van der Waals surface area contributed by atoms with E-state index in [9.17, 15) is 0 Å². The highest BCUT2D eigenvalue weighted by Crippen LogP contribution is 2.57. The van der Waals surface area contributed by atoms with Crippen LogP contribution in [0.4, 0.5) is 17.1 Å². The van der Waals surface area contributed by atoms with E-state index in [1.54, 1.807) is 0 Å². The number of para-hydroxylation sites is 2. The van der Waals surface area contributed by atoms with Crippen molar-refractivity contribution in [2.24, 2.45) is 0 Å². The van der Waals surface area contributed by atoms with Crippen LogP contribution in [0.3, 0.4) is 0 Å². The van der Waals surface area contributed by atoms with Gasteiger partial charge in [0, 0.05) is 22.5 Å². The van der Waals surface area contributed by atoms with Crippen LogP contribution < -0.4 is 4.90 Å². The summed E-state index contributed by atoms with van der Waals surface area (Å²) in [5, 5.41) is 2.52. The van der Waals surface area contributed by atoms with Crippen molar-refractivity contribution in [3.05, 3.63) is 281 Å². The fourth-order valence-electron chi connectivity index (χ4n) is 11.5. The molecule has 13 rings (SSSR count). The third-order valence-electron chi connectivity index (χ3n) is 14.9. The molecular weight excluding hydrogens is 819 g/mol. The molecule has 3 aliphatic carbocycles. The van der Waals surface area contributed by atoms with Crippen LogP contribution in [-0.4, -0.2) is 0 Å². The van der Waals surface area contributed by atoms with Gasteiger partial charge in [0.15, 0.2) is 0 Å². The first kappa shape index (κ1) is 40.1. The van der Waals surface area contributed by atoms with E-state index < -0.39 is 0 Å². The molecule has 0 saturated carbocycles. The molecule has 0 aliphatic heterocycles. The Hall–Kier alpha value is -8.26. The molecule has 68 heavy (non-hydrogen) atoms. The van der Waals surface area contributed by atoms with E-state index in [4.69, 9.17) is 0 Å². The smallest absolute Gasteiger partial charge is 0.0465 e. The predicted octanol–water partition coefficient (Wildman–Crippen LogP) is 17.4. The Bertz CT molecular complexity index is 3530. The van der Waals surface area contributed by atoms with Gasteiger partial charge in [-0.15, -0.1) is 0 Å². The summed E-state index contributed by atoms with van der Waals surface area (Å²) in [5.74, 6) is 0. The molecule has 0 saturated heterocycles. The summed E-state index contributed by atoms with van der Waals surface area (Å²) in [6, 6.07) is 85.4. The lowest BCUT2D eigenvalue weighted by Gasteiger charge is -2.30. The summed E-state index contributed by atoms with van der Waals surface area (Å²) in [5.41, 5.74) is 24.8. The molecule has 0 atom stereocenters. The standard InChI is InChI=1S/C67H49N/c1-4-14-48(15-5-1)49-29-31-50(32-30-49)63-41-51-16-10-11-17-52(51)42-64(63)55-34-33-53-38-46(26-28-54(53)40-55)24-25-47-27-36-61-62-37-35-60(68(58-20-6-2-7-21-58)59-22-8-3-9-23-59)43-66(62)67(65(61)39-47)44-56-18-12-13-19-57(56)45-67/h1-25,27,29-43H,26,28,44-45H2/b25-24+. The highest BCUT2D eigenvalue weighted by molar-refractivity contribution is 5.97. The lowest BCUT2D eigenvalue weighted by atomic mass is 9.75. The second-order valence-electron chi connectivity index (χ2n) is 18.9. The van der Waals surface area contributed by atoms with Gasteiger partial charge in [0.25, 0.3) is 0 Å². The Labute approximate surface area is 399 Å². The van der Waals surface area contributed by atoms with Gasteiger partial charge in [-0.25, -0.2) is 0 Å². The number of hydrogen-bond donors (Lipinski definition) is 0. The normalized spacial score (nSPS) is 14.1. The fraction of sp³-hybridized carbons (Fsp3) is 0.0746. The van der Waals surface area contributed by atoms with Gasteiger partial charge >= 0.3 is 0 Å². The van der Waals surface area contributed by atoms with Crippen LogP contribution in [0.5, 0.6) is 0 Å². The minimum absolute atomic E-state index is 0.134. The van der Waals surface area contributed by atoms with Crippen molar-refractivity contribution in [2.45, 2.75) is 31.1 Å². The first-order valence-electron chi connectivity index (χ1n) is 24.1. The zero-order chi connectivity index (χ0) is 45.0. The van der Waals surface area contributed by atoms with Gasteiger partial charge in [0.05, 0.1) is 0 Å². The molecular formula is C67H49N. The molecule has 322 valence electrons. The number of allylic oxidation sites excluding steroid dienone is 2. The first-order chi connectivity index (χ1) is 33.6. The summed E-state index contributed by atoms with van der Waals surface area (Å²) < 4.78 is 0. The van der Waals surface area contributed by atoms with Crippen LogP contribution in [0.15, 0.2) is 242 Å². The number of anilines is 3. The van der Waals surface area contributed by atoms with E-state index in [1.807, 2.05) is 0 Å². The topological polar surface area (TPSA) is 3.24 Å². The van der Waals surface area contributed by atoms with Crippen LogP contribution in [0.25, 0.3) is 67.4 Å². The van der Waals surface area contributed by atoms with E-state index in [0.717, 1.165) is 37.1 Å². The number of hydrogen-bond acceptors (Lipinski definition) is 1. The van der Waals surface area contributed by atoms with Gasteiger partial charge in [0.1, 0.15) is 0 Å². The number of aryl methyl sites for hydroxylation is 1. The number of rotatable bonds is 8. The van der Waals surface area contributed by atoms with Gasteiger partial charge in [-0.2, -0.15) is 0 Å². The number of benzene rings is 10. The van der Waals surface area contributed by atoms with Crippen molar-refractivity contribution in [1.29, 1.82) is 0 Å². The second kappa shape index (κ2) is 16.6. The SMILES string of the molecule is C1=C(/C=C/c2ccc3c(c2)C2(Cc4ccccc4C2)c2cc(N(c4ccccc4)c4ccccc4)ccc2-3)CCc2cc(-c3cc4ccccc4cc3-c3ccc(-c4ccccc4)cc3)ccc21. The minimum atomic E-state index is -0.134. The summed E-state index contributed by atoms with van der Waals surface area (Å²) >= 11 is 0. The molecule has 0 fully saturated rings. The first-order valence-corrected chi connectivity index (χ1v) is 24.1. The maximum Gasteiger partial charge on any atom is 0.0465 e. The van der Waals surface area contributed by atoms with Gasteiger partial charge < -0.3 is 4.90 Å². The molecule has 1 heteroatoms.